The fourth-order valence-electron chi connectivity index (χ4n) is 5.82. The van der Waals surface area contributed by atoms with Gasteiger partial charge in [0.25, 0.3) is 0 Å². The molecule has 0 aromatic heterocycles. The molecule has 0 radical (unpaired) electrons. The molecule has 0 aromatic carbocycles. The van der Waals surface area contributed by atoms with Gasteiger partial charge >= 0.3 is 126 Å². The molecule has 0 unspecified atom stereocenters. The predicted octanol–water partition coefficient (Wildman–Crippen LogP) is -1.75. The number of likely N-dealkylation sites (N-methyl/N-ethyl adjacent to an activating group) is 2. The van der Waals surface area contributed by atoms with Gasteiger partial charge in [-0.15, -0.1) is 0 Å². The van der Waals surface area contributed by atoms with E-state index < -0.39 is 43.6 Å². The Morgan fingerprint density at radius 1 is 0.508 bits per heavy atom. The Labute approximate surface area is 486 Å². The number of carbonyl (C=O) groups excluding carboxylic acids is 1. The molecule has 0 bridgehead atoms. The molecular weight excluding hydrogens is 1010 g/mol. The van der Waals surface area contributed by atoms with Crippen molar-refractivity contribution in [3.63, 3.8) is 0 Å². The van der Waals surface area contributed by atoms with Crippen molar-refractivity contribution in [3.05, 3.63) is 0 Å². The molecule has 2 aliphatic heterocycles. The summed E-state index contributed by atoms with van der Waals surface area (Å²) in [4.78, 5) is 19.4. The second-order valence-corrected chi connectivity index (χ2v) is 18.5. The molecule has 25 heteroatoms. The number of unbranched alkanes of at least 4 members (excludes halogenated alkanes) is 18. The van der Waals surface area contributed by atoms with E-state index in [4.69, 9.17) is 0 Å². The first-order valence-electron chi connectivity index (χ1n) is 21.3. The molecule has 2 fully saturated rings. The monoisotopic (exact) mass is 1090 g/mol. The molecule has 0 saturated carbocycles. The van der Waals surface area contributed by atoms with Crippen LogP contribution in [0, 0.1) is 0 Å². The molecule has 11 nitrogen and oxygen atoms in total. The van der Waals surface area contributed by atoms with E-state index >= 15 is 0 Å². The van der Waals surface area contributed by atoms with Crippen LogP contribution in [0.1, 0.15) is 164 Å². The molecule has 0 amide bonds. The van der Waals surface area contributed by atoms with Crippen LogP contribution in [-0.4, -0.2) is 141 Å². The molecule has 0 N–H and O–H groups in total. The molecular formula is C40H80Cl2F8K2N4O7S2-2. The average Bonchev–Trinajstić information content (AvgIpc) is 3.76. The third-order valence-corrected chi connectivity index (χ3v) is 11.0. The third kappa shape index (κ3) is 50.0. The van der Waals surface area contributed by atoms with Crippen molar-refractivity contribution in [2.24, 2.45) is 0 Å². The molecule has 0 spiro atoms. The number of rotatable bonds is 26. The van der Waals surface area contributed by atoms with Crippen LogP contribution in [0.25, 0.3) is 0 Å². The molecule has 0 aromatic rings. The number of hydrogen-bond donors (Lipinski definition) is 0. The summed E-state index contributed by atoms with van der Waals surface area (Å²) in [7, 11) is -8.03. The molecule has 2 rings (SSSR count). The second-order valence-electron chi connectivity index (χ2n) is 15.6. The number of ketones is 1. The van der Waals surface area contributed by atoms with Gasteiger partial charge in [0.15, 0.2) is 20.2 Å². The Kier molecular flexibility index (Phi) is 65.2. The molecule has 2 heterocycles. The molecule has 388 valence electrons. The number of nitrogens with zero attached hydrogens (tertiary/aromatic N) is 4. The van der Waals surface area contributed by atoms with Gasteiger partial charge in [0.2, 0.25) is 0 Å². The minimum absolute atomic E-state index is 0. The number of carbonyl (C=O) groups is 1. The Bertz CT molecular complexity index is 1190. The van der Waals surface area contributed by atoms with Gasteiger partial charge < -0.3 is 38.7 Å². The maximum Gasteiger partial charge on any atom is 1.00 e. The first kappa shape index (κ1) is 84.4. The zero-order valence-corrected chi connectivity index (χ0v) is 49.1. The molecule has 0 atom stereocenters. The van der Waals surface area contributed by atoms with E-state index in [0.29, 0.717) is 0 Å². The Morgan fingerprint density at radius 3 is 0.846 bits per heavy atom. The van der Waals surface area contributed by atoms with Crippen molar-refractivity contribution in [1.82, 2.24) is 19.6 Å². The Hall–Kier alpha value is 2.62. The van der Waals surface area contributed by atoms with Crippen molar-refractivity contribution in [2.75, 3.05) is 66.7 Å². The minimum atomic E-state index is -6.23. The zero-order valence-electron chi connectivity index (χ0n) is 39.7. The van der Waals surface area contributed by atoms with Gasteiger partial charge in [0.05, 0.1) is 13.3 Å². The maximum atomic E-state index is 11.4. The SMILES string of the molecule is C.CC(C)=O.CCCCCCCCCCCCN1CCN(C)C1.CCCCCCCCCCCCN1CCN(C)C1.O=S(=O)([O-])C(F)(F)C(F)F.O=S(=O)([O-])C(F)(F)C(F)F.[Cl-].[Cl-].[K+].[K+]. The predicted molar refractivity (Wildman–Crippen MR) is 226 cm³/mol. The molecule has 2 aliphatic rings. The Balaban J connectivity index is -0.000000109. The second kappa shape index (κ2) is 50.2. The van der Waals surface area contributed by atoms with E-state index in [9.17, 15) is 65.9 Å². The summed E-state index contributed by atoms with van der Waals surface area (Å²) in [6.07, 6.45) is 19.9. The van der Waals surface area contributed by atoms with Crippen molar-refractivity contribution in [2.45, 2.75) is 187 Å². The molecule has 2 saturated heterocycles. The van der Waals surface area contributed by atoms with Crippen LogP contribution in [0.15, 0.2) is 0 Å². The summed E-state index contributed by atoms with van der Waals surface area (Å²) in [5.41, 5.74) is 0. The fraction of sp³-hybridized carbons (Fsp3) is 0.975. The van der Waals surface area contributed by atoms with Gasteiger partial charge in [-0.3, -0.25) is 19.6 Å². The van der Waals surface area contributed by atoms with Crippen LogP contribution < -0.4 is 128 Å². The van der Waals surface area contributed by atoms with E-state index in [2.05, 4.69) is 47.5 Å². The average molecular weight is 1090 g/mol. The number of hydrogen-bond acceptors (Lipinski definition) is 11. The maximum absolute atomic E-state index is 11.4. The molecule has 65 heavy (non-hydrogen) atoms. The van der Waals surface area contributed by atoms with Crippen molar-refractivity contribution in [1.29, 1.82) is 0 Å². The Morgan fingerprint density at radius 2 is 0.708 bits per heavy atom. The number of alkyl halides is 8. The first-order chi connectivity index (χ1) is 27.8. The van der Waals surface area contributed by atoms with Crippen molar-refractivity contribution < 1.29 is 193 Å². The van der Waals surface area contributed by atoms with E-state index in [1.165, 1.54) is 195 Å². The summed E-state index contributed by atoms with van der Waals surface area (Å²) in [6, 6.07) is 0. The van der Waals surface area contributed by atoms with Gasteiger partial charge in [0.1, 0.15) is 5.78 Å². The standard InChI is InChI=1S/2C16H34N2.C3H6O.2C2H2F4O3S.CH4.2ClH.2K/c2*1-3-4-5-6-7-8-9-10-11-12-13-18-15-14-17(2)16-18;1-3(2)4;2*3-1(4)2(5,6)10(7,8)9;;;;;/h2*3-16H2,1-2H3;1-2H3;2*1H,(H,7,8,9);1H4;2*1H;;/q;;;;;;;;2*+1/p-4. The van der Waals surface area contributed by atoms with Gasteiger partial charge in [-0.25, -0.2) is 34.4 Å². The van der Waals surface area contributed by atoms with Crippen LogP contribution in [0.2, 0.25) is 0 Å². The fourth-order valence-corrected chi connectivity index (χ4v) is 6.26. The van der Waals surface area contributed by atoms with Gasteiger partial charge in [0, 0.05) is 26.2 Å². The van der Waals surface area contributed by atoms with Crippen molar-refractivity contribution >= 4 is 26.0 Å². The smallest absolute Gasteiger partial charge is 1.00 e. The van der Waals surface area contributed by atoms with Gasteiger partial charge in [-0.1, -0.05) is 137 Å². The summed E-state index contributed by atoms with van der Waals surface area (Å²) in [6.45, 7) is 17.8. The summed E-state index contributed by atoms with van der Waals surface area (Å²) >= 11 is 0. The largest absolute Gasteiger partial charge is 1.00 e. The van der Waals surface area contributed by atoms with Gasteiger partial charge in [-0.2, -0.15) is 17.6 Å². The van der Waals surface area contributed by atoms with E-state index in [1.807, 2.05) is 0 Å². The first-order valence-corrected chi connectivity index (χ1v) is 24.1. The minimum Gasteiger partial charge on any atom is -1.00 e. The van der Waals surface area contributed by atoms with E-state index in [-0.39, 0.29) is 141 Å². The van der Waals surface area contributed by atoms with Crippen LogP contribution in [0.3, 0.4) is 0 Å². The molecule has 0 aliphatic carbocycles. The van der Waals surface area contributed by atoms with Crippen LogP contribution in [-0.2, 0) is 25.0 Å². The van der Waals surface area contributed by atoms with Crippen LogP contribution in [0.4, 0.5) is 35.1 Å². The quantitative estimate of drug-likeness (QED) is 0.0422. The van der Waals surface area contributed by atoms with Crippen LogP contribution in [0.5, 0.6) is 0 Å². The normalized spacial score (nSPS) is 14.6. The summed E-state index contributed by atoms with van der Waals surface area (Å²) < 4.78 is 145. The number of Topliss-reactive ketones (excluding diaryl/α,β-unsaturated/α-hetero) is 1. The number of halogens is 10. The van der Waals surface area contributed by atoms with Crippen molar-refractivity contribution in [3.8, 4) is 0 Å². The topological polar surface area (TPSA) is 144 Å². The van der Waals surface area contributed by atoms with Gasteiger partial charge in [-0.05, 0) is 53.9 Å². The van der Waals surface area contributed by atoms with E-state index in [0.717, 1.165) is 0 Å². The summed E-state index contributed by atoms with van der Waals surface area (Å²) in [5, 5.41) is -11.0. The zero-order chi connectivity index (χ0) is 46.8. The van der Waals surface area contributed by atoms with Crippen LogP contribution >= 0.6 is 0 Å². The summed E-state index contributed by atoms with van der Waals surface area (Å²) in [5.74, 6) is 0.167. The third-order valence-electron chi connectivity index (χ3n) is 9.31. The van der Waals surface area contributed by atoms with E-state index in [1.54, 1.807) is 0 Å².